The molecule has 0 aromatic heterocycles. The van der Waals surface area contributed by atoms with Crippen LogP contribution in [0.1, 0.15) is 70.6 Å². The Labute approximate surface area is 117 Å². The fourth-order valence-corrected chi connectivity index (χ4v) is 3.81. The van der Waals surface area contributed by atoms with Crippen molar-refractivity contribution in [2.24, 2.45) is 0 Å². The molecule has 0 saturated heterocycles. The van der Waals surface area contributed by atoms with E-state index in [1.54, 1.807) is 0 Å². The first kappa shape index (κ1) is 14.8. The fourth-order valence-electron chi connectivity index (χ4n) is 3.81. The van der Waals surface area contributed by atoms with E-state index in [1.165, 1.54) is 71.3 Å². The highest BCUT2D eigenvalue weighted by atomic mass is 16.5. The number of rotatable bonds is 5. The molecule has 2 fully saturated rings. The first-order chi connectivity index (χ1) is 9.31. The maximum Gasteiger partial charge on any atom is 0.306 e. The van der Waals surface area contributed by atoms with Crippen LogP contribution < -0.4 is 0 Å². The van der Waals surface area contributed by atoms with Gasteiger partial charge in [0, 0.05) is 18.6 Å². The van der Waals surface area contributed by atoms with E-state index in [0.717, 1.165) is 18.6 Å². The molecule has 2 aliphatic rings. The largest absolute Gasteiger partial charge is 0.469 e. The van der Waals surface area contributed by atoms with E-state index in [1.807, 2.05) is 0 Å². The van der Waals surface area contributed by atoms with Crippen LogP contribution in [0.25, 0.3) is 0 Å². The number of esters is 1. The van der Waals surface area contributed by atoms with Crippen molar-refractivity contribution in [3.8, 4) is 0 Å². The van der Waals surface area contributed by atoms with Gasteiger partial charge in [-0.3, -0.25) is 9.69 Å². The van der Waals surface area contributed by atoms with Gasteiger partial charge in [-0.15, -0.1) is 0 Å². The summed E-state index contributed by atoms with van der Waals surface area (Å²) < 4.78 is 4.81. The number of carbonyl (C=O) groups is 1. The van der Waals surface area contributed by atoms with E-state index in [-0.39, 0.29) is 5.97 Å². The fraction of sp³-hybridized carbons (Fsp3) is 0.938. The van der Waals surface area contributed by atoms with Gasteiger partial charge in [0.05, 0.1) is 13.5 Å². The van der Waals surface area contributed by atoms with Crippen molar-refractivity contribution in [2.75, 3.05) is 13.7 Å². The molecular formula is C16H29NO2. The van der Waals surface area contributed by atoms with Crippen LogP contribution in [0.3, 0.4) is 0 Å². The highest BCUT2D eigenvalue weighted by Crippen LogP contribution is 2.30. The van der Waals surface area contributed by atoms with E-state index < -0.39 is 0 Å². The molecule has 0 bridgehead atoms. The Bertz CT molecular complexity index is 250. The zero-order chi connectivity index (χ0) is 13.5. The minimum atomic E-state index is -0.0587. The van der Waals surface area contributed by atoms with Crippen LogP contribution >= 0.6 is 0 Å². The first-order valence-corrected chi connectivity index (χ1v) is 8.14. The highest BCUT2D eigenvalue weighted by Gasteiger charge is 2.28. The van der Waals surface area contributed by atoms with Crippen LogP contribution in [-0.4, -0.2) is 36.6 Å². The van der Waals surface area contributed by atoms with Crippen LogP contribution in [0.4, 0.5) is 0 Å². The van der Waals surface area contributed by atoms with Crippen molar-refractivity contribution in [3.63, 3.8) is 0 Å². The zero-order valence-corrected chi connectivity index (χ0v) is 12.4. The Balaban J connectivity index is 1.92. The lowest BCUT2D eigenvalue weighted by atomic mass is 9.88. The van der Waals surface area contributed by atoms with E-state index in [4.69, 9.17) is 4.74 Å². The van der Waals surface area contributed by atoms with Crippen LogP contribution in [0.2, 0.25) is 0 Å². The lowest BCUT2D eigenvalue weighted by Gasteiger charge is -2.41. The summed E-state index contributed by atoms with van der Waals surface area (Å²) in [5, 5.41) is 0. The Morgan fingerprint density at radius 3 is 1.84 bits per heavy atom. The third kappa shape index (κ3) is 4.48. The molecule has 0 atom stereocenters. The number of carbonyl (C=O) groups excluding carboxylic acids is 1. The van der Waals surface area contributed by atoms with Crippen molar-refractivity contribution in [2.45, 2.75) is 82.7 Å². The molecule has 2 saturated carbocycles. The molecule has 110 valence electrons. The van der Waals surface area contributed by atoms with Gasteiger partial charge in [0.1, 0.15) is 0 Å². The number of hydrogen-bond acceptors (Lipinski definition) is 3. The molecule has 0 radical (unpaired) electrons. The average Bonchev–Trinajstić information content (AvgIpc) is 2.49. The normalized spacial score (nSPS) is 22.6. The summed E-state index contributed by atoms with van der Waals surface area (Å²) in [6.45, 7) is 0.905. The number of ether oxygens (including phenoxy) is 1. The minimum absolute atomic E-state index is 0.0587. The SMILES string of the molecule is COC(=O)CCN(C1CCCCC1)C1CCCCC1. The Hall–Kier alpha value is -0.570. The van der Waals surface area contributed by atoms with Crippen LogP contribution in [0.15, 0.2) is 0 Å². The standard InChI is InChI=1S/C16H29NO2/c1-19-16(18)12-13-17(14-8-4-2-5-9-14)15-10-6-3-7-11-15/h14-15H,2-13H2,1H3. The predicted molar refractivity (Wildman–Crippen MR) is 77.1 cm³/mol. The molecule has 0 amide bonds. The van der Waals surface area contributed by atoms with E-state index in [0.29, 0.717) is 6.42 Å². The van der Waals surface area contributed by atoms with E-state index in [9.17, 15) is 4.79 Å². The molecule has 0 aliphatic heterocycles. The summed E-state index contributed by atoms with van der Waals surface area (Å²) in [6.07, 6.45) is 14.1. The molecule has 0 aromatic carbocycles. The third-order valence-corrected chi connectivity index (χ3v) is 4.89. The van der Waals surface area contributed by atoms with E-state index in [2.05, 4.69) is 4.90 Å². The zero-order valence-electron chi connectivity index (χ0n) is 12.4. The first-order valence-electron chi connectivity index (χ1n) is 8.14. The van der Waals surface area contributed by atoms with Gasteiger partial charge in [-0.1, -0.05) is 38.5 Å². The van der Waals surface area contributed by atoms with Crippen LogP contribution in [0.5, 0.6) is 0 Å². The number of nitrogens with zero attached hydrogens (tertiary/aromatic N) is 1. The molecular weight excluding hydrogens is 238 g/mol. The topological polar surface area (TPSA) is 29.5 Å². The monoisotopic (exact) mass is 267 g/mol. The molecule has 2 aliphatic carbocycles. The second-order valence-electron chi connectivity index (χ2n) is 6.15. The van der Waals surface area contributed by atoms with Gasteiger partial charge < -0.3 is 4.74 Å². The van der Waals surface area contributed by atoms with Gasteiger partial charge in [-0.2, -0.15) is 0 Å². The third-order valence-electron chi connectivity index (χ3n) is 4.89. The second-order valence-corrected chi connectivity index (χ2v) is 6.15. The summed E-state index contributed by atoms with van der Waals surface area (Å²) in [7, 11) is 1.49. The van der Waals surface area contributed by atoms with Crippen molar-refractivity contribution in [3.05, 3.63) is 0 Å². The van der Waals surface area contributed by atoms with Gasteiger partial charge in [0.25, 0.3) is 0 Å². The second kappa shape index (κ2) is 7.88. The molecule has 0 heterocycles. The van der Waals surface area contributed by atoms with Crippen molar-refractivity contribution < 1.29 is 9.53 Å². The quantitative estimate of drug-likeness (QED) is 0.714. The Morgan fingerprint density at radius 2 is 1.42 bits per heavy atom. The molecule has 0 spiro atoms. The van der Waals surface area contributed by atoms with E-state index >= 15 is 0 Å². The predicted octanol–water partition coefficient (Wildman–Crippen LogP) is 3.52. The Kier molecular flexibility index (Phi) is 6.15. The van der Waals surface area contributed by atoms with Gasteiger partial charge in [0.15, 0.2) is 0 Å². The van der Waals surface area contributed by atoms with Crippen LogP contribution in [-0.2, 0) is 9.53 Å². The number of hydrogen-bond donors (Lipinski definition) is 0. The van der Waals surface area contributed by atoms with Gasteiger partial charge in [0.2, 0.25) is 0 Å². The summed E-state index contributed by atoms with van der Waals surface area (Å²) >= 11 is 0. The smallest absolute Gasteiger partial charge is 0.306 e. The van der Waals surface area contributed by atoms with Gasteiger partial charge in [-0.05, 0) is 25.7 Å². The van der Waals surface area contributed by atoms with Gasteiger partial charge >= 0.3 is 5.97 Å². The molecule has 0 unspecified atom stereocenters. The van der Waals surface area contributed by atoms with Crippen molar-refractivity contribution in [1.29, 1.82) is 0 Å². The molecule has 2 rings (SSSR count). The van der Waals surface area contributed by atoms with Crippen molar-refractivity contribution >= 4 is 5.97 Å². The molecule has 3 heteroatoms. The lowest BCUT2D eigenvalue weighted by molar-refractivity contribution is -0.141. The maximum absolute atomic E-state index is 11.4. The summed E-state index contributed by atoms with van der Waals surface area (Å²) in [5.74, 6) is -0.0587. The minimum Gasteiger partial charge on any atom is -0.469 e. The average molecular weight is 267 g/mol. The summed E-state index contributed by atoms with van der Waals surface area (Å²) in [4.78, 5) is 14.1. The van der Waals surface area contributed by atoms with Crippen LogP contribution in [0, 0.1) is 0 Å². The molecule has 3 nitrogen and oxygen atoms in total. The highest BCUT2D eigenvalue weighted by molar-refractivity contribution is 5.69. The summed E-state index contributed by atoms with van der Waals surface area (Å²) in [6, 6.07) is 1.45. The summed E-state index contributed by atoms with van der Waals surface area (Å²) in [5.41, 5.74) is 0. The molecule has 0 aromatic rings. The maximum atomic E-state index is 11.4. The van der Waals surface area contributed by atoms with Gasteiger partial charge in [-0.25, -0.2) is 0 Å². The number of methoxy groups -OCH3 is 1. The molecule has 0 N–H and O–H groups in total. The molecule has 19 heavy (non-hydrogen) atoms. The lowest BCUT2D eigenvalue weighted by Crippen LogP contribution is -2.46. The Morgan fingerprint density at radius 1 is 0.947 bits per heavy atom. The van der Waals surface area contributed by atoms with Crippen molar-refractivity contribution in [1.82, 2.24) is 4.90 Å².